The van der Waals surface area contributed by atoms with Crippen LogP contribution in [0.1, 0.15) is 23.2 Å². The number of nitrogens with one attached hydrogen (secondary N) is 2. The van der Waals surface area contributed by atoms with Crippen LogP contribution in [0, 0.1) is 0 Å². The monoisotopic (exact) mass is 361 g/mol. The summed E-state index contributed by atoms with van der Waals surface area (Å²) in [6, 6.07) is 8.61. The van der Waals surface area contributed by atoms with Gasteiger partial charge in [-0.1, -0.05) is 11.6 Å². The molecule has 0 radical (unpaired) electrons. The fourth-order valence-electron chi connectivity index (χ4n) is 2.67. The molecule has 1 fully saturated rings. The topological polar surface area (TPSA) is 72.5 Å². The van der Waals surface area contributed by atoms with Crippen molar-refractivity contribution >= 4 is 29.0 Å². The molecule has 1 atom stereocenters. The van der Waals surface area contributed by atoms with E-state index < -0.39 is 0 Å². The minimum Gasteiger partial charge on any atom is -0.495 e. The molecule has 1 aromatic carbocycles. The predicted molar refractivity (Wildman–Crippen MR) is 96.8 cm³/mol. The van der Waals surface area contributed by atoms with Crippen molar-refractivity contribution in [3.05, 3.63) is 47.1 Å². The molecule has 2 heterocycles. The lowest BCUT2D eigenvalue weighted by atomic mass is 10.2. The highest BCUT2D eigenvalue weighted by Crippen LogP contribution is 2.30. The highest BCUT2D eigenvalue weighted by atomic mass is 35.5. The summed E-state index contributed by atoms with van der Waals surface area (Å²) in [7, 11) is 1.58. The molecule has 2 aromatic rings. The second-order valence-electron chi connectivity index (χ2n) is 5.74. The third-order valence-electron chi connectivity index (χ3n) is 3.96. The lowest BCUT2D eigenvalue weighted by molar-refractivity contribution is 0.0857. The van der Waals surface area contributed by atoms with Gasteiger partial charge in [-0.2, -0.15) is 0 Å². The average Bonchev–Trinajstić information content (AvgIpc) is 3.14. The van der Waals surface area contributed by atoms with E-state index in [1.54, 1.807) is 43.6 Å². The molecule has 1 aliphatic rings. The third-order valence-corrected chi connectivity index (χ3v) is 4.20. The third kappa shape index (κ3) is 4.61. The standard InChI is InChI=1S/C18H20ClN3O3/c1-24-16-5-4-13(19)10-15(16)22-17-9-12(6-7-20-17)18(23)21-11-14-3-2-8-25-14/h4-7,9-10,14H,2-3,8,11H2,1H3,(H,20,22)(H,21,23). The maximum atomic E-state index is 12.3. The average molecular weight is 362 g/mol. The van der Waals surface area contributed by atoms with Gasteiger partial charge in [0, 0.05) is 29.9 Å². The van der Waals surface area contributed by atoms with E-state index >= 15 is 0 Å². The Bertz CT molecular complexity index is 748. The van der Waals surface area contributed by atoms with Crippen LogP contribution in [0.4, 0.5) is 11.5 Å². The molecular formula is C18H20ClN3O3. The summed E-state index contributed by atoms with van der Waals surface area (Å²) in [5.41, 5.74) is 1.20. The Balaban J connectivity index is 1.68. The van der Waals surface area contributed by atoms with Gasteiger partial charge in [-0.3, -0.25) is 4.79 Å². The van der Waals surface area contributed by atoms with Crippen LogP contribution >= 0.6 is 11.6 Å². The van der Waals surface area contributed by atoms with Gasteiger partial charge >= 0.3 is 0 Å². The number of ether oxygens (including phenoxy) is 2. The van der Waals surface area contributed by atoms with Gasteiger partial charge in [0.25, 0.3) is 5.91 Å². The summed E-state index contributed by atoms with van der Waals surface area (Å²) in [4.78, 5) is 16.6. The summed E-state index contributed by atoms with van der Waals surface area (Å²) in [6.45, 7) is 1.29. The van der Waals surface area contributed by atoms with Crippen LogP contribution in [0.15, 0.2) is 36.5 Å². The van der Waals surface area contributed by atoms with E-state index in [9.17, 15) is 4.79 Å². The van der Waals surface area contributed by atoms with E-state index in [-0.39, 0.29) is 12.0 Å². The quantitative estimate of drug-likeness (QED) is 0.825. The fourth-order valence-corrected chi connectivity index (χ4v) is 2.84. The first-order valence-corrected chi connectivity index (χ1v) is 8.50. The van der Waals surface area contributed by atoms with Crippen LogP contribution in [0.25, 0.3) is 0 Å². The number of amides is 1. The Hall–Kier alpha value is -2.31. The summed E-state index contributed by atoms with van der Waals surface area (Å²) >= 11 is 6.03. The second kappa shape index (κ2) is 8.18. The maximum absolute atomic E-state index is 12.3. The van der Waals surface area contributed by atoms with Crippen LogP contribution in [0.3, 0.4) is 0 Å². The molecule has 1 aromatic heterocycles. The molecular weight excluding hydrogens is 342 g/mol. The van der Waals surface area contributed by atoms with Gasteiger partial charge in [0.2, 0.25) is 0 Å². The highest BCUT2D eigenvalue weighted by Gasteiger charge is 2.17. The molecule has 25 heavy (non-hydrogen) atoms. The van der Waals surface area contributed by atoms with Crippen molar-refractivity contribution in [2.45, 2.75) is 18.9 Å². The first kappa shape index (κ1) is 17.5. The van der Waals surface area contributed by atoms with E-state index in [4.69, 9.17) is 21.1 Å². The number of methoxy groups -OCH3 is 1. The zero-order valence-corrected chi connectivity index (χ0v) is 14.7. The van der Waals surface area contributed by atoms with E-state index in [1.807, 2.05) is 0 Å². The van der Waals surface area contributed by atoms with Crippen LogP contribution in [0.5, 0.6) is 5.75 Å². The van der Waals surface area contributed by atoms with Gasteiger partial charge in [-0.05, 0) is 43.2 Å². The molecule has 0 aliphatic carbocycles. The molecule has 1 aliphatic heterocycles. The molecule has 0 spiro atoms. The molecule has 0 saturated carbocycles. The molecule has 1 unspecified atom stereocenters. The lowest BCUT2D eigenvalue weighted by Gasteiger charge is -2.13. The number of anilines is 2. The molecule has 1 amide bonds. The first-order chi connectivity index (χ1) is 12.2. The Kier molecular flexibility index (Phi) is 5.73. The Morgan fingerprint density at radius 2 is 2.28 bits per heavy atom. The molecule has 6 nitrogen and oxygen atoms in total. The van der Waals surface area contributed by atoms with Crippen molar-refractivity contribution in [2.24, 2.45) is 0 Å². The lowest BCUT2D eigenvalue weighted by Crippen LogP contribution is -2.31. The van der Waals surface area contributed by atoms with Crippen molar-refractivity contribution in [1.82, 2.24) is 10.3 Å². The summed E-state index contributed by atoms with van der Waals surface area (Å²) in [5.74, 6) is 1.02. The van der Waals surface area contributed by atoms with E-state index in [1.165, 1.54) is 0 Å². The molecule has 132 valence electrons. The number of aromatic nitrogens is 1. The van der Waals surface area contributed by atoms with Gasteiger partial charge in [-0.15, -0.1) is 0 Å². The van der Waals surface area contributed by atoms with Crippen molar-refractivity contribution in [1.29, 1.82) is 0 Å². The molecule has 0 bridgehead atoms. The van der Waals surface area contributed by atoms with Crippen LogP contribution in [-0.2, 0) is 4.74 Å². The summed E-state index contributed by atoms with van der Waals surface area (Å²) < 4.78 is 10.8. The predicted octanol–water partition coefficient (Wildman–Crippen LogP) is 3.40. The normalized spacial score (nSPS) is 16.5. The van der Waals surface area contributed by atoms with Gasteiger partial charge in [0.1, 0.15) is 11.6 Å². The van der Waals surface area contributed by atoms with Crippen molar-refractivity contribution < 1.29 is 14.3 Å². The number of rotatable bonds is 6. The maximum Gasteiger partial charge on any atom is 0.251 e. The Morgan fingerprint density at radius 1 is 1.40 bits per heavy atom. The number of carbonyl (C=O) groups excluding carboxylic acids is 1. The summed E-state index contributed by atoms with van der Waals surface area (Å²) in [5, 5.41) is 6.61. The fraction of sp³-hybridized carbons (Fsp3) is 0.333. The molecule has 1 saturated heterocycles. The van der Waals surface area contributed by atoms with E-state index in [2.05, 4.69) is 15.6 Å². The van der Waals surface area contributed by atoms with Gasteiger partial charge in [-0.25, -0.2) is 4.98 Å². The Labute approximate surface area is 151 Å². The molecule has 3 rings (SSSR count). The highest BCUT2D eigenvalue weighted by molar-refractivity contribution is 6.31. The van der Waals surface area contributed by atoms with Crippen LogP contribution in [-0.4, -0.2) is 37.3 Å². The van der Waals surface area contributed by atoms with E-state index in [0.717, 1.165) is 19.4 Å². The van der Waals surface area contributed by atoms with Gasteiger partial charge in [0.15, 0.2) is 0 Å². The molecule has 2 N–H and O–H groups in total. The minimum absolute atomic E-state index is 0.110. The summed E-state index contributed by atoms with van der Waals surface area (Å²) in [6.07, 6.45) is 3.73. The SMILES string of the molecule is COc1ccc(Cl)cc1Nc1cc(C(=O)NCC2CCCO2)ccn1. The number of pyridine rings is 1. The van der Waals surface area contributed by atoms with E-state index in [0.29, 0.717) is 34.4 Å². The zero-order valence-electron chi connectivity index (χ0n) is 13.9. The number of benzene rings is 1. The zero-order chi connectivity index (χ0) is 17.6. The second-order valence-corrected chi connectivity index (χ2v) is 6.18. The Morgan fingerprint density at radius 3 is 3.04 bits per heavy atom. The smallest absolute Gasteiger partial charge is 0.251 e. The first-order valence-electron chi connectivity index (χ1n) is 8.12. The van der Waals surface area contributed by atoms with Crippen molar-refractivity contribution in [2.75, 3.05) is 25.6 Å². The van der Waals surface area contributed by atoms with Gasteiger partial charge < -0.3 is 20.1 Å². The number of nitrogens with zero attached hydrogens (tertiary/aromatic N) is 1. The number of halogens is 1. The van der Waals surface area contributed by atoms with Crippen molar-refractivity contribution in [3.63, 3.8) is 0 Å². The number of hydrogen-bond donors (Lipinski definition) is 2. The van der Waals surface area contributed by atoms with Crippen molar-refractivity contribution in [3.8, 4) is 5.75 Å². The van der Waals surface area contributed by atoms with Crippen LogP contribution in [0.2, 0.25) is 5.02 Å². The minimum atomic E-state index is -0.154. The molecule has 7 heteroatoms. The number of hydrogen-bond acceptors (Lipinski definition) is 5. The van der Waals surface area contributed by atoms with Crippen LogP contribution < -0.4 is 15.4 Å². The number of carbonyl (C=O) groups is 1. The van der Waals surface area contributed by atoms with Gasteiger partial charge in [0.05, 0.1) is 18.9 Å². The largest absolute Gasteiger partial charge is 0.495 e.